The van der Waals surface area contributed by atoms with Gasteiger partial charge in [0, 0.05) is 50.9 Å². The van der Waals surface area contributed by atoms with E-state index in [2.05, 4.69) is 28.9 Å². The van der Waals surface area contributed by atoms with Crippen molar-refractivity contribution in [1.29, 1.82) is 0 Å². The monoisotopic (exact) mass is 516 g/mol. The number of nitrogens with zero attached hydrogens (tertiary/aromatic N) is 1. The van der Waals surface area contributed by atoms with Crippen molar-refractivity contribution in [3.63, 3.8) is 0 Å². The third-order valence-electron chi connectivity index (χ3n) is 5.06. The third-order valence-corrected chi connectivity index (χ3v) is 5.06. The second-order valence-electron chi connectivity index (χ2n) is 7.22. The van der Waals surface area contributed by atoms with Crippen LogP contribution in [-0.2, 0) is 14.3 Å². The van der Waals surface area contributed by atoms with Crippen LogP contribution >= 0.6 is 24.0 Å². The van der Waals surface area contributed by atoms with Gasteiger partial charge in [0.15, 0.2) is 5.96 Å². The van der Waals surface area contributed by atoms with Gasteiger partial charge in [-0.2, -0.15) is 0 Å². The van der Waals surface area contributed by atoms with Crippen molar-refractivity contribution in [1.82, 2.24) is 10.6 Å². The Morgan fingerprint density at radius 1 is 1.28 bits per heavy atom. The van der Waals surface area contributed by atoms with Gasteiger partial charge in [0.05, 0.1) is 12.6 Å². The summed E-state index contributed by atoms with van der Waals surface area (Å²) in [4.78, 5) is 16.7. The maximum atomic E-state index is 12.0. The molecule has 3 rings (SSSR count). The Morgan fingerprint density at radius 2 is 2.07 bits per heavy atom. The number of fused-ring (bicyclic) bond motifs is 1. The van der Waals surface area contributed by atoms with E-state index in [1.807, 2.05) is 18.2 Å². The van der Waals surface area contributed by atoms with Crippen LogP contribution in [0.25, 0.3) is 0 Å². The fourth-order valence-electron chi connectivity index (χ4n) is 3.58. The van der Waals surface area contributed by atoms with Gasteiger partial charge in [0.1, 0.15) is 0 Å². The predicted octanol–water partition coefficient (Wildman–Crippen LogP) is 2.87. The lowest BCUT2D eigenvalue weighted by Crippen LogP contribution is -2.38. The summed E-state index contributed by atoms with van der Waals surface area (Å²) in [5, 5.41) is 9.58. The van der Waals surface area contributed by atoms with Crippen LogP contribution in [0.3, 0.4) is 0 Å². The van der Waals surface area contributed by atoms with Crippen molar-refractivity contribution in [3.05, 3.63) is 29.8 Å². The summed E-state index contributed by atoms with van der Waals surface area (Å²) >= 11 is 0. The van der Waals surface area contributed by atoms with E-state index in [0.29, 0.717) is 19.1 Å². The minimum Gasteiger partial charge on any atom is -0.381 e. The SMILES string of the molecule is CCNC(=NCC1CC(=O)Nc2ccccc21)NCCCOC1CCOCC1.I. The number of halogens is 1. The fraction of sp³-hybridized carbons (Fsp3) is 0.619. The number of carbonyl (C=O) groups is 1. The number of nitrogens with one attached hydrogen (secondary N) is 3. The second kappa shape index (κ2) is 13.0. The van der Waals surface area contributed by atoms with Gasteiger partial charge in [-0.1, -0.05) is 18.2 Å². The van der Waals surface area contributed by atoms with Gasteiger partial charge < -0.3 is 25.4 Å². The molecule has 7 nitrogen and oxygen atoms in total. The molecule has 1 aromatic carbocycles. The zero-order valence-corrected chi connectivity index (χ0v) is 19.4. The molecule has 1 fully saturated rings. The molecule has 29 heavy (non-hydrogen) atoms. The Bertz CT molecular complexity index is 665. The average Bonchev–Trinajstić information content (AvgIpc) is 2.72. The van der Waals surface area contributed by atoms with Crippen LogP contribution in [0, 0.1) is 0 Å². The van der Waals surface area contributed by atoms with E-state index in [9.17, 15) is 4.79 Å². The van der Waals surface area contributed by atoms with Crippen molar-refractivity contribution < 1.29 is 14.3 Å². The molecule has 2 heterocycles. The summed E-state index contributed by atoms with van der Waals surface area (Å²) in [5.41, 5.74) is 2.06. The molecule has 0 spiro atoms. The van der Waals surface area contributed by atoms with Crippen LogP contribution in [0.2, 0.25) is 0 Å². The van der Waals surface area contributed by atoms with E-state index >= 15 is 0 Å². The molecule has 1 amide bonds. The molecular formula is C21H33IN4O3. The summed E-state index contributed by atoms with van der Waals surface area (Å²) in [6.07, 6.45) is 3.73. The first-order valence-electron chi connectivity index (χ1n) is 10.4. The molecule has 3 N–H and O–H groups in total. The molecular weight excluding hydrogens is 483 g/mol. The lowest BCUT2D eigenvalue weighted by Gasteiger charge is -2.24. The zero-order valence-electron chi connectivity index (χ0n) is 17.1. The van der Waals surface area contributed by atoms with E-state index in [0.717, 1.165) is 69.4 Å². The minimum atomic E-state index is 0. The molecule has 2 aliphatic heterocycles. The van der Waals surface area contributed by atoms with Crippen LogP contribution in [0.15, 0.2) is 29.3 Å². The molecule has 162 valence electrons. The molecule has 8 heteroatoms. The van der Waals surface area contributed by atoms with E-state index < -0.39 is 0 Å². The molecule has 1 saturated heterocycles. The number of amides is 1. The largest absolute Gasteiger partial charge is 0.381 e. The van der Waals surface area contributed by atoms with Crippen molar-refractivity contribution in [2.45, 2.75) is 44.6 Å². The van der Waals surface area contributed by atoms with Crippen molar-refractivity contribution >= 4 is 41.5 Å². The number of anilines is 1. The summed E-state index contributed by atoms with van der Waals surface area (Å²) in [7, 11) is 0. The highest BCUT2D eigenvalue weighted by Crippen LogP contribution is 2.31. The molecule has 1 aromatic rings. The van der Waals surface area contributed by atoms with Gasteiger partial charge in [-0.3, -0.25) is 9.79 Å². The Labute approximate surface area is 190 Å². The van der Waals surface area contributed by atoms with Crippen molar-refractivity contribution in [2.24, 2.45) is 4.99 Å². The highest BCUT2D eigenvalue weighted by atomic mass is 127. The van der Waals surface area contributed by atoms with Crippen LogP contribution in [0.4, 0.5) is 5.69 Å². The van der Waals surface area contributed by atoms with Crippen molar-refractivity contribution in [3.8, 4) is 0 Å². The second-order valence-corrected chi connectivity index (χ2v) is 7.22. The third kappa shape index (κ3) is 7.75. The summed E-state index contributed by atoms with van der Waals surface area (Å²) in [6, 6.07) is 7.97. The van der Waals surface area contributed by atoms with Gasteiger partial charge in [0.25, 0.3) is 0 Å². The molecule has 0 bridgehead atoms. The first-order valence-corrected chi connectivity index (χ1v) is 10.4. The number of aliphatic imine (C=N–C) groups is 1. The fourth-order valence-corrected chi connectivity index (χ4v) is 3.58. The molecule has 0 aromatic heterocycles. The van der Waals surface area contributed by atoms with E-state index in [1.165, 1.54) is 0 Å². The molecule has 2 aliphatic rings. The quantitative estimate of drug-likeness (QED) is 0.214. The Hall–Kier alpha value is -1.39. The lowest BCUT2D eigenvalue weighted by atomic mass is 9.91. The number of guanidine groups is 1. The van der Waals surface area contributed by atoms with E-state index in [1.54, 1.807) is 0 Å². The number of hydrogen-bond donors (Lipinski definition) is 3. The molecule has 1 atom stereocenters. The summed E-state index contributed by atoms with van der Waals surface area (Å²) in [5.74, 6) is 0.955. The topological polar surface area (TPSA) is 84.0 Å². The molecule has 0 saturated carbocycles. The number of para-hydroxylation sites is 1. The van der Waals surface area contributed by atoms with Crippen LogP contribution in [-0.4, -0.2) is 57.4 Å². The normalized spacial score (nSPS) is 19.7. The van der Waals surface area contributed by atoms with Crippen LogP contribution in [0.1, 0.15) is 44.1 Å². The minimum absolute atomic E-state index is 0. The van der Waals surface area contributed by atoms with Gasteiger partial charge in [-0.25, -0.2) is 0 Å². The molecule has 0 radical (unpaired) electrons. The van der Waals surface area contributed by atoms with Gasteiger partial charge in [-0.15, -0.1) is 24.0 Å². The maximum absolute atomic E-state index is 12.0. The number of rotatable bonds is 8. The number of benzene rings is 1. The Morgan fingerprint density at radius 3 is 2.86 bits per heavy atom. The maximum Gasteiger partial charge on any atom is 0.225 e. The number of carbonyl (C=O) groups excluding carboxylic acids is 1. The summed E-state index contributed by atoms with van der Waals surface area (Å²) < 4.78 is 11.3. The van der Waals surface area contributed by atoms with Crippen molar-refractivity contribution in [2.75, 3.05) is 44.8 Å². The number of ether oxygens (including phenoxy) is 2. The Balaban J connectivity index is 0.00000300. The molecule has 0 aliphatic carbocycles. The van der Waals surface area contributed by atoms with Gasteiger partial charge >= 0.3 is 0 Å². The van der Waals surface area contributed by atoms with E-state index in [4.69, 9.17) is 14.5 Å². The predicted molar refractivity (Wildman–Crippen MR) is 126 cm³/mol. The van der Waals surface area contributed by atoms with E-state index in [-0.39, 0.29) is 35.8 Å². The molecule has 1 unspecified atom stereocenters. The highest BCUT2D eigenvalue weighted by Gasteiger charge is 2.24. The van der Waals surface area contributed by atoms with Gasteiger partial charge in [-0.05, 0) is 37.8 Å². The standard InChI is InChI=1S/C21H32N4O3.HI/c1-2-22-21(23-10-5-11-28-17-8-12-27-13-9-17)24-15-16-14-20(26)25-19-7-4-3-6-18(16)19;/h3-4,6-7,16-17H,2,5,8-15H2,1H3,(H,25,26)(H2,22,23,24);1H. The van der Waals surface area contributed by atoms with Crippen LogP contribution < -0.4 is 16.0 Å². The smallest absolute Gasteiger partial charge is 0.225 e. The highest BCUT2D eigenvalue weighted by molar-refractivity contribution is 14.0. The van der Waals surface area contributed by atoms with Gasteiger partial charge in [0.2, 0.25) is 5.91 Å². The first-order chi connectivity index (χ1) is 13.8. The zero-order chi connectivity index (χ0) is 19.6. The lowest BCUT2D eigenvalue weighted by molar-refractivity contribution is -0.116. The first kappa shape index (κ1) is 23.9. The number of hydrogen-bond acceptors (Lipinski definition) is 4. The Kier molecular flexibility index (Phi) is 10.7. The summed E-state index contributed by atoms with van der Waals surface area (Å²) in [6.45, 7) is 6.59. The average molecular weight is 516 g/mol. The van der Waals surface area contributed by atoms with Crippen LogP contribution in [0.5, 0.6) is 0 Å².